The Kier molecular flexibility index (Phi) is 10.4. The molecule has 3 aliphatic rings. The number of hydrogen-bond acceptors (Lipinski definition) is 3. The maximum absolute atomic E-state index is 15.8. The maximum atomic E-state index is 15.8. The minimum atomic E-state index is -1.91. The van der Waals surface area contributed by atoms with E-state index in [-0.39, 0.29) is 33.6 Å². The van der Waals surface area contributed by atoms with Gasteiger partial charge in [-0.15, -0.1) is 0 Å². The standard InChI is InChI=1S/C35H61FO3Si2/c1-32(2,3)40(9,10)38-28-23-26(24-29(25-28)39-41(11,12)33(4,5)6)16-17-27-15-13-20-34(7)30(27)18-19-31(34)35(8,36)21-14-22-37/h14,16-17,21-22,28-31H,13,15,18-20,23-25H2,1-12H3/t28-,29-,30+,31+,34+,35+/m1/s1. The summed E-state index contributed by atoms with van der Waals surface area (Å²) in [6.07, 6.45) is 16.7. The van der Waals surface area contributed by atoms with Gasteiger partial charge in [0.2, 0.25) is 0 Å². The quantitative estimate of drug-likeness (QED) is 0.157. The Morgan fingerprint density at radius 1 is 0.878 bits per heavy atom. The van der Waals surface area contributed by atoms with Gasteiger partial charge in [0.1, 0.15) is 12.0 Å². The zero-order valence-corrected chi connectivity index (χ0v) is 30.5. The first-order valence-corrected chi connectivity index (χ1v) is 22.0. The number of carbonyl (C=O) groups is 1. The smallest absolute Gasteiger partial charge is 0.192 e. The molecule has 0 N–H and O–H groups in total. The predicted molar refractivity (Wildman–Crippen MR) is 177 cm³/mol. The Hall–Kier alpha value is -0.826. The summed E-state index contributed by atoms with van der Waals surface area (Å²) in [5.41, 5.74) is 1.38. The second-order valence-corrected chi connectivity index (χ2v) is 26.4. The van der Waals surface area contributed by atoms with E-state index in [2.05, 4.69) is 86.8 Å². The third-order valence-corrected chi connectivity index (χ3v) is 20.8. The van der Waals surface area contributed by atoms with Crippen molar-refractivity contribution in [3.63, 3.8) is 0 Å². The van der Waals surface area contributed by atoms with Crippen LogP contribution < -0.4 is 0 Å². The molecule has 6 atom stereocenters. The normalized spacial score (nSPS) is 32.7. The average molecular weight is 605 g/mol. The number of allylic oxidation sites excluding steroid dienone is 5. The Labute approximate surface area is 254 Å². The van der Waals surface area contributed by atoms with Crippen molar-refractivity contribution in [1.29, 1.82) is 0 Å². The number of aldehydes is 1. The van der Waals surface area contributed by atoms with E-state index in [4.69, 9.17) is 8.85 Å². The van der Waals surface area contributed by atoms with Crippen LogP contribution in [0.15, 0.2) is 35.5 Å². The monoisotopic (exact) mass is 604 g/mol. The first-order chi connectivity index (χ1) is 18.6. The highest BCUT2D eigenvalue weighted by molar-refractivity contribution is 6.74. The lowest BCUT2D eigenvalue weighted by Gasteiger charge is -2.45. The lowest BCUT2D eigenvalue weighted by Crippen LogP contribution is -2.48. The van der Waals surface area contributed by atoms with Crippen LogP contribution in [-0.2, 0) is 13.6 Å². The second-order valence-electron chi connectivity index (χ2n) is 16.9. The number of carbonyl (C=O) groups excluding carboxylic acids is 1. The van der Waals surface area contributed by atoms with E-state index in [1.807, 2.05) is 0 Å². The van der Waals surface area contributed by atoms with Crippen LogP contribution in [0.2, 0.25) is 36.3 Å². The molecule has 0 radical (unpaired) electrons. The lowest BCUT2D eigenvalue weighted by molar-refractivity contribution is -0.104. The van der Waals surface area contributed by atoms with E-state index in [0.717, 1.165) is 51.4 Å². The number of fused-ring (bicyclic) bond motifs is 1. The Bertz CT molecular complexity index is 989. The predicted octanol–water partition coefficient (Wildman–Crippen LogP) is 10.5. The Morgan fingerprint density at radius 3 is 1.90 bits per heavy atom. The fourth-order valence-corrected chi connectivity index (χ4v) is 10.1. The highest BCUT2D eigenvalue weighted by Crippen LogP contribution is 2.61. The van der Waals surface area contributed by atoms with E-state index < -0.39 is 22.3 Å². The van der Waals surface area contributed by atoms with Gasteiger partial charge in [0.25, 0.3) is 0 Å². The van der Waals surface area contributed by atoms with Crippen molar-refractivity contribution in [1.82, 2.24) is 0 Å². The number of alkyl halides is 1. The molecule has 234 valence electrons. The molecule has 0 heterocycles. The van der Waals surface area contributed by atoms with Gasteiger partial charge in [-0.3, -0.25) is 4.79 Å². The Balaban J connectivity index is 1.89. The van der Waals surface area contributed by atoms with Crippen molar-refractivity contribution < 1.29 is 18.0 Å². The highest BCUT2D eigenvalue weighted by Gasteiger charge is 2.55. The number of rotatable bonds is 8. The molecule has 0 unspecified atom stereocenters. The molecule has 0 amide bonds. The van der Waals surface area contributed by atoms with Crippen LogP contribution in [0.4, 0.5) is 4.39 Å². The van der Waals surface area contributed by atoms with E-state index in [1.54, 1.807) is 6.92 Å². The van der Waals surface area contributed by atoms with Gasteiger partial charge < -0.3 is 8.85 Å². The largest absolute Gasteiger partial charge is 0.414 e. The van der Waals surface area contributed by atoms with Gasteiger partial charge in [-0.05, 0) is 118 Å². The van der Waals surface area contributed by atoms with Gasteiger partial charge in [-0.2, -0.15) is 0 Å². The summed E-state index contributed by atoms with van der Waals surface area (Å²) < 4.78 is 29.8. The van der Waals surface area contributed by atoms with Crippen LogP contribution in [0, 0.1) is 17.3 Å². The van der Waals surface area contributed by atoms with Crippen LogP contribution in [0.3, 0.4) is 0 Å². The second kappa shape index (κ2) is 12.3. The van der Waals surface area contributed by atoms with Crippen LogP contribution in [0.1, 0.15) is 107 Å². The molecule has 3 aliphatic carbocycles. The van der Waals surface area contributed by atoms with E-state index in [0.29, 0.717) is 12.2 Å². The fraction of sp³-hybridized carbons (Fsp3) is 0.800. The van der Waals surface area contributed by atoms with Crippen molar-refractivity contribution in [3.8, 4) is 0 Å². The molecule has 3 fully saturated rings. The SMILES string of the molecule is CC(C)(C)[Si](C)(C)O[C@@H]1CC(=CC=C2CCC[C@@]3(C)[C@H]2CC[C@@H]3[C@@](C)(F)C=CC=O)C[C@@H](O[Si](C)(C)C(C)(C)C)C1. The molecule has 3 rings (SSSR count). The summed E-state index contributed by atoms with van der Waals surface area (Å²) in [6.45, 7) is 27.3. The molecule has 6 heteroatoms. The van der Waals surface area contributed by atoms with Gasteiger partial charge >= 0.3 is 0 Å². The summed E-state index contributed by atoms with van der Waals surface area (Å²) in [5, 5.41) is 0.340. The summed E-state index contributed by atoms with van der Waals surface area (Å²) in [6, 6.07) is 0. The van der Waals surface area contributed by atoms with Crippen LogP contribution in [0.5, 0.6) is 0 Å². The lowest BCUT2D eigenvalue weighted by atomic mass is 9.60. The molecule has 3 saturated carbocycles. The molecule has 0 aromatic heterocycles. The molecule has 41 heavy (non-hydrogen) atoms. The van der Waals surface area contributed by atoms with Crippen LogP contribution in [-0.4, -0.2) is 40.8 Å². The molecule has 0 aliphatic heterocycles. The van der Waals surface area contributed by atoms with Gasteiger partial charge in [0, 0.05) is 5.92 Å². The van der Waals surface area contributed by atoms with Crippen molar-refractivity contribution in [2.75, 3.05) is 0 Å². The summed E-state index contributed by atoms with van der Waals surface area (Å²) in [5.74, 6) is 0.340. The molecule has 3 nitrogen and oxygen atoms in total. The van der Waals surface area contributed by atoms with Gasteiger partial charge in [0.15, 0.2) is 16.6 Å². The third kappa shape index (κ3) is 7.83. The number of hydrogen-bond donors (Lipinski definition) is 0. The molecular formula is C35H61FO3Si2. The minimum absolute atomic E-state index is 0.0630. The van der Waals surface area contributed by atoms with Crippen molar-refractivity contribution in [2.24, 2.45) is 17.3 Å². The van der Waals surface area contributed by atoms with Gasteiger partial charge in [-0.25, -0.2) is 4.39 Å². The third-order valence-electron chi connectivity index (χ3n) is 11.7. The minimum Gasteiger partial charge on any atom is -0.414 e. The molecule has 0 saturated heterocycles. The molecule has 0 aromatic carbocycles. The van der Waals surface area contributed by atoms with Gasteiger partial charge in [0.05, 0.1) is 12.2 Å². The topological polar surface area (TPSA) is 35.5 Å². The molecule has 0 bridgehead atoms. The summed E-state index contributed by atoms with van der Waals surface area (Å²) in [4.78, 5) is 10.9. The van der Waals surface area contributed by atoms with Crippen LogP contribution >= 0.6 is 0 Å². The van der Waals surface area contributed by atoms with E-state index >= 15 is 4.39 Å². The Morgan fingerprint density at radius 2 is 1.41 bits per heavy atom. The molecule has 0 aromatic rings. The zero-order chi connectivity index (χ0) is 31.1. The van der Waals surface area contributed by atoms with Crippen LogP contribution in [0.25, 0.3) is 0 Å². The van der Waals surface area contributed by atoms with E-state index in [9.17, 15) is 4.79 Å². The highest BCUT2D eigenvalue weighted by atomic mass is 28.4. The molecule has 0 spiro atoms. The van der Waals surface area contributed by atoms with E-state index in [1.165, 1.54) is 23.3 Å². The first kappa shape index (κ1) is 34.7. The average Bonchev–Trinajstić information content (AvgIpc) is 3.17. The maximum Gasteiger partial charge on any atom is 0.192 e. The van der Waals surface area contributed by atoms with Crippen molar-refractivity contribution in [3.05, 3.63) is 35.5 Å². The summed E-state index contributed by atoms with van der Waals surface area (Å²) in [7, 11) is -3.83. The van der Waals surface area contributed by atoms with Crippen molar-refractivity contribution >= 4 is 22.9 Å². The zero-order valence-electron chi connectivity index (χ0n) is 28.5. The summed E-state index contributed by atoms with van der Waals surface area (Å²) >= 11 is 0. The van der Waals surface area contributed by atoms with Crippen molar-refractivity contribution in [2.45, 2.75) is 161 Å². The first-order valence-electron chi connectivity index (χ1n) is 16.2. The number of halogens is 1. The molecular weight excluding hydrogens is 544 g/mol. The van der Waals surface area contributed by atoms with Gasteiger partial charge in [-0.1, -0.05) is 71.8 Å². The fourth-order valence-electron chi connectivity index (χ4n) is 7.37.